The lowest BCUT2D eigenvalue weighted by molar-refractivity contribution is -0.120. The van der Waals surface area contributed by atoms with E-state index in [2.05, 4.69) is 0 Å². The summed E-state index contributed by atoms with van der Waals surface area (Å²) in [7, 11) is 5.37. The van der Waals surface area contributed by atoms with Gasteiger partial charge in [0.1, 0.15) is 5.78 Å². The SMILES string of the molecule is [B]CC(=O)[C@@H]1CCCN1C(=O)c1ccccc1. The maximum Gasteiger partial charge on any atom is 0.254 e. The first-order chi connectivity index (χ1) is 8.24. The van der Waals surface area contributed by atoms with E-state index in [1.54, 1.807) is 17.0 Å². The van der Waals surface area contributed by atoms with E-state index in [0.29, 0.717) is 12.1 Å². The first-order valence-electron chi connectivity index (χ1n) is 5.83. The first kappa shape index (κ1) is 11.9. The van der Waals surface area contributed by atoms with Gasteiger partial charge in [0.2, 0.25) is 0 Å². The molecule has 4 heteroatoms. The van der Waals surface area contributed by atoms with Gasteiger partial charge in [-0.25, -0.2) is 0 Å². The molecule has 1 aliphatic heterocycles. The number of benzene rings is 1. The topological polar surface area (TPSA) is 37.4 Å². The second-order valence-electron chi connectivity index (χ2n) is 4.19. The maximum atomic E-state index is 12.2. The number of ketones is 1. The molecular formula is C13H14BNO2. The fourth-order valence-electron chi connectivity index (χ4n) is 2.23. The average Bonchev–Trinajstić information content (AvgIpc) is 2.87. The van der Waals surface area contributed by atoms with Crippen LogP contribution in [-0.4, -0.2) is 37.0 Å². The van der Waals surface area contributed by atoms with E-state index < -0.39 is 0 Å². The molecule has 1 fully saturated rings. The number of rotatable bonds is 3. The van der Waals surface area contributed by atoms with Crippen molar-refractivity contribution in [3.05, 3.63) is 35.9 Å². The van der Waals surface area contributed by atoms with E-state index in [-0.39, 0.29) is 24.1 Å². The van der Waals surface area contributed by atoms with Crippen LogP contribution in [0.25, 0.3) is 0 Å². The summed E-state index contributed by atoms with van der Waals surface area (Å²) in [4.78, 5) is 25.5. The number of hydrogen-bond acceptors (Lipinski definition) is 2. The minimum absolute atomic E-state index is 0.00321. The van der Waals surface area contributed by atoms with Crippen molar-refractivity contribution in [2.24, 2.45) is 0 Å². The van der Waals surface area contributed by atoms with Gasteiger partial charge < -0.3 is 4.90 Å². The summed E-state index contributed by atoms with van der Waals surface area (Å²) >= 11 is 0. The van der Waals surface area contributed by atoms with Gasteiger partial charge in [0.15, 0.2) is 0 Å². The molecule has 3 nitrogen and oxygen atoms in total. The van der Waals surface area contributed by atoms with Crippen molar-refractivity contribution in [2.75, 3.05) is 6.54 Å². The van der Waals surface area contributed by atoms with Crippen molar-refractivity contribution in [1.29, 1.82) is 0 Å². The highest BCUT2D eigenvalue weighted by Crippen LogP contribution is 2.21. The molecular weight excluding hydrogens is 213 g/mol. The molecule has 0 spiro atoms. The van der Waals surface area contributed by atoms with Gasteiger partial charge in [-0.15, -0.1) is 0 Å². The number of nitrogens with zero attached hydrogens (tertiary/aromatic N) is 1. The van der Waals surface area contributed by atoms with E-state index >= 15 is 0 Å². The van der Waals surface area contributed by atoms with Crippen LogP contribution < -0.4 is 0 Å². The number of hydrogen-bond donors (Lipinski definition) is 0. The first-order valence-corrected chi connectivity index (χ1v) is 5.83. The predicted molar refractivity (Wildman–Crippen MR) is 66.1 cm³/mol. The highest BCUT2D eigenvalue weighted by molar-refractivity contribution is 6.21. The molecule has 1 atom stereocenters. The third-order valence-electron chi connectivity index (χ3n) is 3.11. The average molecular weight is 227 g/mol. The molecule has 0 saturated carbocycles. The van der Waals surface area contributed by atoms with Crippen molar-refractivity contribution in [3.63, 3.8) is 0 Å². The van der Waals surface area contributed by atoms with Gasteiger partial charge in [0.25, 0.3) is 5.91 Å². The van der Waals surface area contributed by atoms with E-state index in [1.807, 2.05) is 18.2 Å². The Morgan fingerprint density at radius 1 is 1.29 bits per heavy atom. The van der Waals surface area contributed by atoms with Crippen LogP contribution in [0.4, 0.5) is 0 Å². The summed E-state index contributed by atoms with van der Waals surface area (Å²) in [6.45, 7) is 0.643. The monoisotopic (exact) mass is 227 g/mol. The largest absolute Gasteiger partial charge is 0.329 e. The van der Waals surface area contributed by atoms with E-state index in [9.17, 15) is 9.59 Å². The Balaban J connectivity index is 2.17. The molecule has 2 rings (SSSR count). The Labute approximate surface area is 102 Å². The smallest absolute Gasteiger partial charge is 0.254 e. The van der Waals surface area contributed by atoms with E-state index in [4.69, 9.17) is 7.85 Å². The van der Waals surface area contributed by atoms with Crippen LogP contribution in [0.2, 0.25) is 6.32 Å². The molecule has 1 aromatic carbocycles. The third kappa shape index (κ3) is 2.41. The Bertz CT molecular complexity index is 419. The summed E-state index contributed by atoms with van der Waals surface area (Å²) in [5.41, 5.74) is 0.629. The highest BCUT2D eigenvalue weighted by atomic mass is 16.2. The number of carbonyl (C=O) groups excluding carboxylic acids is 2. The predicted octanol–water partition coefficient (Wildman–Crippen LogP) is 1.45. The highest BCUT2D eigenvalue weighted by Gasteiger charge is 2.32. The van der Waals surface area contributed by atoms with Crippen LogP contribution in [0.1, 0.15) is 23.2 Å². The summed E-state index contributed by atoms with van der Waals surface area (Å²) in [5.74, 6) is -0.123. The van der Waals surface area contributed by atoms with E-state index in [1.165, 1.54) is 0 Å². The molecule has 2 radical (unpaired) electrons. The number of carbonyl (C=O) groups is 2. The summed E-state index contributed by atoms with van der Waals surface area (Å²) in [6, 6.07) is 8.72. The molecule has 0 aromatic heterocycles. The van der Waals surface area contributed by atoms with E-state index in [0.717, 1.165) is 12.8 Å². The lowest BCUT2D eigenvalue weighted by Crippen LogP contribution is -2.40. The Kier molecular flexibility index (Phi) is 3.62. The number of Topliss-reactive ketones (excluding diaryl/α,β-unsaturated/α-hetero) is 1. The third-order valence-corrected chi connectivity index (χ3v) is 3.11. The normalized spacial score (nSPS) is 19.3. The zero-order chi connectivity index (χ0) is 12.3. The van der Waals surface area contributed by atoms with Crippen LogP contribution in [0.15, 0.2) is 30.3 Å². The van der Waals surface area contributed by atoms with Gasteiger partial charge in [0.05, 0.1) is 13.9 Å². The van der Waals surface area contributed by atoms with Crippen LogP contribution in [-0.2, 0) is 4.79 Å². The lowest BCUT2D eigenvalue weighted by Gasteiger charge is -2.23. The molecule has 86 valence electrons. The fourth-order valence-corrected chi connectivity index (χ4v) is 2.23. The molecule has 0 N–H and O–H groups in total. The van der Waals surface area contributed by atoms with Crippen molar-refractivity contribution >= 4 is 19.5 Å². The van der Waals surface area contributed by atoms with Crippen LogP contribution in [0.3, 0.4) is 0 Å². The summed E-state index contributed by atoms with van der Waals surface area (Å²) in [5, 5.41) is 0. The second kappa shape index (κ2) is 5.17. The lowest BCUT2D eigenvalue weighted by atomic mass is 9.95. The molecule has 1 aliphatic rings. The number of amides is 1. The zero-order valence-electron chi connectivity index (χ0n) is 9.63. The number of likely N-dealkylation sites (tertiary alicyclic amines) is 1. The standard InChI is InChI=1S/C13H14BNO2/c14-9-12(16)11-7-4-8-15(11)13(17)10-5-2-1-3-6-10/h1-3,5-6,11H,4,7-9H2/t11-/m0/s1. The molecule has 0 bridgehead atoms. The van der Waals surface area contributed by atoms with Gasteiger partial charge in [-0.3, -0.25) is 9.59 Å². The van der Waals surface area contributed by atoms with Crippen molar-refractivity contribution < 1.29 is 9.59 Å². The quantitative estimate of drug-likeness (QED) is 0.733. The molecule has 1 aromatic rings. The second-order valence-corrected chi connectivity index (χ2v) is 4.19. The van der Waals surface area contributed by atoms with Crippen molar-refractivity contribution in [1.82, 2.24) is 4.90 Å². The van der Waals surface area contributed by atoms with Crippen LogP contribution in [0.5, 0.6) is 0 Å². The van der Waals surface area contributed by atoms with Crippen molar-refractivity contribution in [3.8, 4) is 0 Å². The minimum Gasteiger partial charge on any atom is -0.329 e. The Morgan fingerprint density at radius 2 is 2.00 bits per heavy atom. The molecule has 17 heavy (non-hydrogen) atoms. The van der Waals surface area contributed by atoms with Crippen molar-refractivity contribution in [2.45, 2.75) is 25.2 Å². The molecule has 1 heterocycles. The Hall–Kier alpha value is -1.58. The van der Waals surface area contributed by atoms with Gasteiger partial charge in [0, 0.05) is 12.1 Å². The molecule has 0 aliphatic carbocycles. The summed E-state index contributed by atoms with van der Waals surface area (Å²) in [6.07, 6.45) is 1.60. The zero-order valence-corrected chi connectivity index (χ0v) is 9.63. The van der Waals surface area contributed by atoms with Crippen LogP contribution >= 0.6 is 0 Å². The molecule has 0 unspecified atom stereocenters. The fraction of sp³-hybridized carbons (Fsp3) is 0.385. The van der Waals surface area contributed by atoms with Gasteiger partial charge in [-0.2, -0.15) is 0 Å². The summed E-state index contributed by atoms with van der Waals surface area (Å²) < 4.78 is 0. The Morgan fingerprint density at radius 3 is 2.65 bits per heavy atom. The van der Waals surface area contributed by atoms with Gasteiger partial charge in [-0.05, 0) is 31.3 Å². The van der Waals surface area contributed by atoms with Gasteiger partial charge in [-0.1, -0.05) is 18.2 Å². The van der Waals surface area contributed by atoms with Crippen LogP contribution in [0, 0.1) is 0 Å². The maximum absolute atomic E-state index is 12.2. The van der Waals surface area contributed by atoms with Gasteiger partial charge >= 0.3 is 0 Å². The minimum atomic E-state index is -0.326. The molecule has 1 saturated heterocycles. The molecule has 1 amide bonds.